The number of allylic oxidation sites excluding steroid dienone is 8. The molecule has 12 aliphatic carbocycles. The normalized spacial score (nSPS) is 79.3. The van der Waals surface area contributed by atoms with Crippen LogP contribution in [0.1, 0.15) is 25.7 Å². The van der Waals surface area contributed by atoms with Crippen LogP contribution in [0.5, 0.6) is 0 Å². The van der Waals surface area contributed by atoms with E-state index in [-0.39, 0.29) is 0 Å². The molecule has 4 fully saturated rings. The minimum absolute atomic E-state index is 0.741. The maximum absolute atomic E-state index is 2.14. The Balaban J connectivity index is 1.31. The molecule has 0 heterocycles. The third-order valence-electron chi connectivity index (χ3n) is 12.5. The molecule has 0 aromatic carbocycles. The molecule has 0 aliphatic heterocycles. The SMILES string of the molecule is C1C2=C3C1CC1C4C5CC6CC7=C6C56C5=C(C76)C6C7=C(C31C27)C564. The first-order valence-electron chi connectivity index (χ1n) is 10.4. The number of fused-ring (bicyclic) bond motifs is 8. The summed E-state index contributed by atoms with van der Waals surface area (Å²) in [5.41, 5.74) is 18.8. The van der Waals surface area contributed by atoms with E-state index in [1.165, 1.54) is 12.8 Å². The van der Waals surface area contributed by atoms with Crippen molar-refractivity contribution in [2.75, 3.05) is 0 Å². The van der Waals surface area contributed by atoms with Crippen LogP contribution in [-0.2, 0) is 0 Å². The zero-order chi connectivity index (χ0) is 13.6. The fourth-order valence-electron chi connectivity index (χ4n) is 13.3. The van der Waals surface area contributed by atoms with Crippen molar-refractivity contribution in [1.82, 2.24) is 0 Å². The summed E-state index contributed by atoms with van der Waals surface area (Å²) in [6.45, 7) is 0. The third-order valence-corrected chi connectivity index (χ3v) is 12.5. The average Bonchev–Trinajstić information content (AvgIpc) is 2.91. The molecule has 3 spiro atoms. The number of hydrogen-bond donors (Lipinski definition) is 0. The monoisotopic (exact) mass is 292 g/mol. The lowest BCUT2D eigenvalue weighted by molar-refractivity contribution is 0.0121. The van der Waals surface area contributed by atoms with E-state index in [4.69, 9.17) is 0 Å². The van der Waals surface area contributed by atoms with Gasteiger partial charge < -0.3 is 0 Å². The highest BCUT2D eigenvalue weighted by atomic mass is 15.0. The van der Waals surface area contributed by atoms with Crippen molar-refractivity contribution in [3.05, 3.63) is 44.6 Å². The summed E-state index contributed by atoms with van der Waals surface area (Å²) in [5.74, 6) is 8.64. The van der Waals surface area contributed by atoms with Crippen LogP contribution >= 0.6 is 0 Å². The lowest BCUT2D eigenvalue weighted by Gasteiger charge is -2.84. The van der Waals surface area contributed by atoms with Crippen molar-refractivity contribution < 1.29 is 0 Å². The van der Waals surface area contributed by atoms with Crippen LogP contribution in [-0.4, -0.2) is 0 Å². The second kappa shape index (κ2) is 1.76. The summed E-state index contributed by atoms with van der Waals surface area (Å²) >= 11 is 0. The molecule has 12 rings (SSSR count). The van der Waals surface area contributed by atoms with Gasteiger partial charge >= 0.3 is 0 Å². The fraction of sp³-hybridized carbons (Fsp3) is 0.652. The predicted molar refractivity (Wildman–Crippen MR) is 81.8 cm³/mol. The van der Waals surface area contributed by atoms with Crippen LogP contribution in [0.25, 0.3) is 0 Å². The molecule has 8 unspecified atom stereocenters. The quantitative estimate of drug-likeness (QED) is 0.596. The second-order valence-electron chi connectivity index (χ2n) is 11.5. The number of rotatable bonds is 0. The first kappa shape index (κ1) is 8.88. The van der Waals surface area contributed by atoms with Crippen molar-refractivity contribution in [3.8, 4) is 0 Å². The minimum Gasteiger partial charge on any atom is -0.0608 e. The smallest absolute Gasteiger partial charge is 0.0283 e. The van der Waals surface area contributed by atoms with Gasteiger partial charge in [-0.2, -0.15) is 0 Å². The molecule has 0 aromatic rings. The molecule has 0 saturated heterocycles. The van der Waals surface area contributed by atoms with Crippen molar-refractivity contribution in [1.29, 1.82) is 0 Å². The van der Waals surface area contributed by atoms with Gasteiger partial charge in [0.2, 0.25) is 0 Å². The van der Waals surface area contributed by atoms with Gasteiger partial charge in [-0.3, -0.25) is 0 Å². The molecule has 0 nitrogen and oxygen atoms in total. The first-order chi connectivity index (χ1) is 11.4. The van der Waals surface area contributed by atoms with Crippen molar-refractivity contribution in [3.63, 3.8) is 0 Å². The standard InChI is InChI=1S/C23H16/c1-5-3-9-17-10-4-6-2-8-14(6)22(10)16(8)12-18-11-15-7(1)13(5)21(9,15)19(11)23(17,18)20(12)22/h5-6,9-10,15-18H,1-4H2. The largest absolute Gasteiger partial charge is 0.0608 e. The van der Waals surface area contributed by atoms with Gasteiger partial charge in [0.25, 0.3) is 0 Å². The van der Waals surface area contributed by atoms with E-state index in [1.807, 2.05) is 11.1 Å². The van der Waals surface area contributed by atoms with Crippen molar-refractivity contribution in [2.24, 2.45) is 63.6 Å². The van der Waals surface area contributed by atoms with Crippen molar-refractivity contribution >= 4 is 0 Å². The van der Waals surface area contributed by atoms with Crippen LogP contribution in [0.4, 0.5) is 0 Å². The van der Waals surface area contributed by atoms with Crippen LogP contribution in [0.15, 0.2) is 44.6 Å². The number of hydrogen-bond acceptors (Lipinski definition) is 0. The molecule has 0 amide bonds. The molecule has 23 heavy (non-hydrogen) atoms. The Morgan fingerprint density at radius 2 is 1.22 bits per heavy atom. The predicted octanol–water partition coefficient (Wildman–Crippen LogP) is 3.79. The molecule has 0 heteroatoms. The summed E-state index contributed by atoms with van der Waals surface area (Å²) in [4.78, 5) is 0. The molecule has 0 N–H and O–H groups in total. The van der Waals surface area contributed by atoms with Crippen LogP contribution in [0, 0.1) is 63.6 Å². The topological polar surface area (TPSA) is 0 Å². The van der Waals surface area contributed by atoms with E-state index < -0.39 is 0 Å². The highest BCUT2D eigenvalue weighted by molar-refractivity contribution is 5.92. The highest BCUT2D eigenvalue weighted by Crippen LogP contribution is 3.09. The molecule has 0 radical (unpaired) electrons. The third kappa shape index (κ3) is 0.369. The van der Waals surface area contributed by atoms with Gasteiger partial charge in [-0.05, 0) is 66.4 Å². The van der Waals surface area contributed by atoms with Gasteiger partial charge in [0, 0.05) is 34.0 Å². The van der Waals surface area contributed by atoms with E-state index in [1.54, 1.807) is 12.8 Å². The van der Waals surface area contributed by atoms with Crippen LogP contribution in [0.3, 0.4) is 0 Å². The molecule has 4 saturated carbocycles. The van der Waals surface area contributed by atoms with Crippen molar-refractivity contribution in [2.45, 2.75) is 25.7 Å². The molecule has 12 aliphatic rings. The van der Waals surface area contributed by atoms with E-state index >= 15 is 0 Å². The first-order valence-corrected chi connectivity index (χ1v) is 10.4. The Morgan fingerprint density at radius 1 is 0.652 bits per heavy atom. The summed E-state index contributed by atoms with van der Waals surface area (Å²) in [6, 6.07) is 0. The molecule has 0 bridgehead atoms. The molecule has 108 valence electrons. The Hall–Kier alpha value is -1.04. The van der Waals surface area contributed by atoms with E-state index in [2.05, 4.69) is 33.4 Å². The zero-order valence-electron chi connectivity index (χ0n) is 12.9. The Kier molecular flexibility index (Phi) is 0.678. The van der Waals surface area contributed by atoms with Crippen LogP contribution < -0.4 is 0 Å². The summed E-state index contributed by atoms with van der Waals surface area (Å²) in [7, 11) is 0. The van der Waals surface area contributed by atoms with Gasteiger partial charge in [-0.1, -0.05) is 33.4 Å². The molecular formula is C23H16. The Morgan fingerprint density at radius 3 is 1.78 bits per heavy atom. The summed E-state index contributed by atoms with van der Waals surface area (Å²) < 4.78 is 0. The molecule has 0 aromatic heterocycles. The van der Waals surface area contributed by atoms with E-state index in [0.29, 0.717) is 0 Å². The maximum atomic E-state index is 2.14. The maximum Gasteiger partial charge on any atom is 0.0283 e. The summed E-state index contributed by atoms with van der Waals surface area (Å²) in [5, 5.41) is 0. The van der Waals surface area contributed by atoms with Gasteiger partial charge in [0.15, 0.2) is 0 Å². The van der Waals surface area contributed by atoms with Gasteiger partial charge in [-0.25, -0.2) is 0 Å². The van der Waals surface area contributed by atoms with Gasteiger partial charge in [-0.15, -0.1) is 0 Å². The van der Waals surface area contributed by atoms with E-state index in [9.17, 15) is 0 Å². The fourth-order valence-corrected chi connectivity index (χ4v) is 13.3. The van der Waals surface area contributed by atoms with E-state index in [0.717, 1.165) is 63.6 Å². The lowest BCUT2D eigenvalue weighted by atomic mass is 9.19. The second-order valence-corrected chi connectivity index (χ2v) is 11.5. The average molecular weight is 292 g/mol. The van der Waals surface area contributed by atoms with Gasteiger partial charge in [0.1, 0.15) is 0 Å². The highest BCUT2D eigenvalue weighted by Gasteiger charge is 3.02. The Bertz CT molecular complexity index is 1050. The minimum atomic E-state index is 0.741. The zero-order valence-corrected chi connectivity index (χ0v) is 12.9. The molecular weight excluding hydrogens is 276 g/mol. The van der Waals surface area contributed by atoms with Gasteiger partial charge in [0.05, 0.1) is 0 Å². The van der Waals surface area contributed by atoms with Crippen LogP contribution in [0.2, 0.25) is 0 Å². The lowest BCUT2D eigenvalue weighted by Crippen LogP contribution is -2.75. The Labute approximate surface area is 134 Å². The molecule has 8 atom stereocenters. The summed E-state index contributed by atoms with van der Waals surface area (Å²) in [6.07, 6.45) is 6.32.